The van der Waals surface area contributed by atoms with Gasteiger partial charge in [0, 0.05) is 39.7 Å². The molecule has 2 aliphatic carbocycles. The highest BCUT2D eigenvalue weighted by Crippen LogP contribution is 2.65. The summed E-state index contributed by atoms with van der Waals surface area (Å²) in [5.41, 5.74) is 10.1. The van der Waals surface area contributed by atoms with Crippen molar-refractivity contribution in [3.8, 4) is 20.9 Å². The summed E-state index contributed by atoms with van der Waals surface area (Å²) in [5.74, 6) is 0. The standard InChI is InChI=1S/C35H40S4/c1-7-10-13-34(6)24-18-23-25(19-22(24)30-28(34)32-26(38-30)16-20(4)36-32)35(14-11-8-2,15-12-9-3)29-31(23)39-27-17-21(5)37-33(27)29/h16-19H,7-15H2,1-6H3. The summed E-state index contributed by atoms with van der Waals surface area (Å²) in [5, 5.41) is 0. The molecule has 204 valence electrons. The van der Waals surface area contributed by atoms with Crippen molar-refractivity contribution in [2.45, 2.75) is 110 Å². The van der Waals surface area contributed by atoms with Crippen molar-refractivity contribution in [1.29, 1.82) is 0 Å². The zero-order valence-electron chi connectivity index (χ0n) is 24.3. The van der Waals surface area contributed by atoms with Gasteiger partial charge in [0.25, 0.3) is 0 Å². The monoisotopic (exact) mass is 588 g/mol. The van der Waals surface area contributed by atoms with Gasteiger partial charge in [0.05, 0.1) is 9.40 Å². The maximum absolute atomic E-state index is 2.73. The van der Waals surface area contributed by atoms with Crippen LogP contribution in [-0.2, 0) is 10.8 Å². The lowest BCUT2D eigenvalue weighted by molar-refractivity contribution is 0.417. The second-order valence-electron chi connectivity index (χ2n) is 12.4. The van der Waals surface area contributed by atoms with Crippen molar-refractivity contribution in [3.05, 3.63) is 56.3 Å². The fourth-order valence-corrected chi connectivity index (χ4v) is 13.4. The van der Waals surface area contributed by atoms with Gasteiger partial charge in [0.1, 0.15) is 0 Å². The average molecular weight is 589 g/mol. The van der Waals surface area contributed by atoms with E-state index in [1.165, 1.54) is 76.9 Å². The average Bonchev–Trinajstić information content (AvgIpc) is 3.71. The Bertz CT molecular complexity index is 1710. The molecule has 0 saturated heterocycles. The predicted octanol–water partition coefficient (Wildman–Crippen LogP) is 13.0. The maximum Gasteiger partial charge on any atom is 0.0501 e. The molecule has 1 aromatic carbocycles. The van der Waals surface area contributed by atoms with Gasteiger partial charge in [-0.25, -0.2) is 0 Å². The Morgan fingerprint density at radius 2 is 1.08 bits per heavy atom. The SMILES string of the molecule is CCCCC1(C)c2cc3c(cc2-c2sc4cc(C)sc4c21)C(CCCC)(CCCC)c1c-3sc2cc(C)sc12. The van der Waals surface area contributed by atoms with E-state index in [1.807, 2.05) is 11.3 Å². The van der Waals surface area contributed by atoms with Crippen molar-refractivity contribution in [3.63, 3.8) is 0 Å². The first-order chi connectivity index (χ1) is 18.9. The molecule has 0 amide bonds. The highest BCUT2D eigenvalue weighted by molar-refractivity contribution is 7.30. The molecule has 4 aromatic heterocycles. The number of hydrogen-bond donors (Lipinski definition) is 0. The van der Waals surface area contributed by atoms with Crippen molar-refractivity contribution in [2.75, 3.05) is 0 Å². The largest absolute Gasteiger partial charge is 0.139 e. The molecule has 7 rings (SSSR count). The minimum absolute atomic E-state index is 0.106. The number of unbranched alkanes of at least 4 members (excludes halogenated alkanes) is 3. The molecule has 4 heteroatoms. The fraction of sp³-hybridized carbons (Fsp3) is 0.486. The van der Waals surface area contributed by atoms with Crippen molar-refractivity contribution >= 4 is 64.1 Å². The van der Waals surface area contributed by atoms with E-state index in [0.717, 1.165) is 0 Å². The second-order valence-corrected chi connectivity index (χ2v) is 17.0. The number of hydrogen-bond acceptors (Lipinski definition) is 4. The van der Waals surface area contributed by atoms with E-state index < -0.39 is 0 Å². The van der Waals surface area contributed by atoms with Crippen LogP contribution < -0.4 is 0 Å². The third-order valence-corrected chi connectivity index (χ3v) is 14.4. The fourth-order valence-electron chi connectivity index (χ4n) is 7.81. The van der Waals surface area contributed by atoms with Crippen molar-refractivity contribution in [2.24, 2.45) is 0 Å². The molecule has 4 heterocycles. The van der Waals surface area contributed by atoms with Gasteiger partial charge in [-0.1, -0.05) is 66.2 Å². The first-order valence-electron chi connectivity index (χ1n) is 15.1. The molecule has 2 aliphatic rings. The maximum atomic E-state index is 2.73. The summed E-state index contributed by atoms with van der Waals surface area (Å²) < 4.78 is 6.19. The van der Waals surface area contributed by atoms with Crippen LogP contribution in [0.2, 0.25) is 0 Å². The molecule has 1 unspecified atom stereocenters. The first-order valence-corrected chi connectivity index (χ1v) is 18.4. The van der Waals surface area contributed by atoms with Crippen molar-refractivity contribution < 1.29 is 0 Å². The van der Waals surface area contributed by atoms with Gasteiger partial charge >= 0.3 is 0 Å². The third kappa shape index (κ3) is 3.63. The number of fused-ring (bicyclic) bond motifs is 10. The number of aryl methyl sites for hydroxylation is 2. The third-order valence-electron chi connectivity index (χ3n) is 9.71. The Balaban J connectivity index is 1.53. The van der Waals surface area contributed by atoms with Crippen LogP contribution in [0.1, 0.15) is 117 Å². The van der Waals surface area contributed by atoms with E-state index in [-0.39, 0.29) is 10.8 Å². The van der Waals surface area contributed by atoms with E-state index in [4.69, 9.17) is 0 Å². The summed E-state index contributed by atoms with van der Waals surface area (Å²) >= 11 is 8.24. The van der Waals surface area contributed by atoms with Crippen molar-refractivity contribution in [1.82, 2.24) is 0 Å². The molecule has 39 heavy (non-hydrogen) atoms. The quantitative estimate of drug-likeness (QED) is 0.161. The number of rotatable bonds is 9. The van der Waals surface area contributed by atoms with Gasteiger partial charge in [-0.15, -0.1) is 45.3 Å². The highest BCUT2D eigenvalue weighted by Gasteiger charge is 2.49. The molecular weight excluding hydrogens is 549 g/mol. The van der Waals surface area contributed by atoms with Gasteiger partial charge < -0.3 is 0 Å². The summed E-state index contributed by atoms with van der Waals surface area (Å²) in [6.45, 7) is 14.3. The Labute approximate surface area is 250 Å². The molecule has 0 spiro atoms. The lowest BCUT2D eigenvalue weighted by atomic mass is 9.70. The Morgan fingerprint density at radius 1 is 0.590 bits per heavy atom. The minimum atomic E-state index is 0.106. The molecule has 0 aliphatic heterocycles. The van der Waals surface area contributed by atoms with Crippen LogP contribution >= 0.6 is 45.3 Å². The molecule has 1 atom stereocenters. The van der Waals surface area contributed by atoms with Crippen LogP contribution in [0.15, 0.2) is 24.3 Å². The first kappa shape index (κ1) is 26.4. The van der Waals surface area contributed by atoms with Crippen LogP contribution in [0.3, 0.4) is 0 Å². The van der Waals surface area contributed by atoms with Gasteiger partial charge in [0.15, 0.2) is 0 Å². The zero-order valence-corrected chi connectivity index (χ0v) is 27.6. The molecular formula is C35H40S4. The van der Waals surface area contributed by atoms with Gasteiger partial charge in [-0.2, -0.15) is 0 Å². The van der Waals surface area contributed by atoms with Gasteiger partial charge in [-0.05, 0) is 90.8 Å². The lowest BCUT2D eigenvalue weighted by Crippen LogP contribution is -2.25. The second kappa shape index (κ2) is 9.54. The summed E-state index contributed by atoms with van der Waals surface area (Å²) in [6.07, 6.45) is 11.5. The van der Waals surface area contributed by atoms with E-state index in [0.29, 0.717) is 0 Å². The van der Waals surface area contributed by atoms with Gasteiger partial charge in [0.2, 0.25) is 0 Å². The Morgan fingerprint density at radius 3 is 1.67 bits per heavy atom. The van der Waals surface area contributed by atoms with E-state index in [9.17, 15) is 0 Å². The van der Waals surface area contributed by atoms with Crippen LogP contribution in [-0.4, -0.2) is 0 Å². The predicted molar refractivity (Wildman–Crippen MR) is 179 cm³/mol. The molecule has 5 aromatic rings. The molecule has 0 nitrogen and oxygen atoms in total. The number of thiophene rings is 4. The van der Waals surface area contributed by atoms with Gasteiger partial charge in [-0.3, -0.25) is 0 Å². The van der Waals surface area contributed by atoms with Crippen LogP contribution in [0.25, 0.3) is 39.7 Å². The Hall–Kier alpha value is -1.46. The minimum Gasteiger partial charge on any atom is -0.139 e. The van der Waals surface area contributed by atoms with Crippen LogP contribution in [0.4, 0.5) is 0 Å². The normalized spacial score (nSPS) is 18.7. The summed E-state index contributed by atoms with van der Waals surface area (Å²) in [4.78, 5) is 6.10. The van der Waals surface area contributed by atoms with E-state index in [1.54, 1.807) is 52.5 Å². The van der Waals surface area contributed by atoms with E-state index in [2.05, 4.69) is 99.8 Å². The topological polar surface area (TPSA) is 0 Å². The molecule has 0 radical (unpaired) electrons. The van der Waals surface area contributed by atoms with Crippen LogP contribution in [0, 0.1) is 13.8 Å². The molecule has 0 saturated carbocycles. The molecule has 0 fully saturated rings. The smallest absolute Gasteiger partial charge is 0.0501 e. The number of benzene rings is 1. The Kier molecular flexibility index (Phi) is 6.47. The molecule has 0 N–H and O–H groups in total. The summed E-state index contributed by atoms with van der Waals surface area (Å²) in [6, 6.07) is 10.3. The molecule has 0 bridgehead atoms. The lowest BCUT2D eigenvalue weighted by Gasteiger charge is -2.33. The van der Waals surface area contributed by atoms with E-state index >= 15 is 0 Å². The zero-order chi connectivity index (χ0) is 27.1. The van der Waals surface area contributed by atoms with Crippen LogP contribution in [0.5, 0.6) is 0 Å². The summed E-state index contributed by atoms with van der Waals surface area (Å²) in [7, 11) is 0. The highest BCUT2D eigenvalue weighted by atomic mass is 32.1.